The van der Waals surface area contributed by atoms with Crippen molar-refractivity contribution in [3.8, 4) is 0 Å². The Hall–Kier alpha value is -0.350. The molecule has 0 aliphatic carbocycles. The Labute approximate surface area is 94.0 Å². The van der Waals surface area contributed by atoms with Crippen LogP contribution in [0.1, 0.15) is 5.56 Å². The summed E-state index contributed by atoms with van der Waals surface area (Å²) in [5, 5.41) is 2.74. The average molecular weight is 307 g/mol. The van der Waals surface area contributed by atoms with E-state index in [1.807, 2.05) is 31.2 Å². The molecular weight excluding hydrogens is 298 g/mol. The summed E-state index contributed by atoms with van der Waals surface area (Å²) >= 11 is 6.23. The zero-order valence-electron chi connectivity index (χ0n) is 7.05. The average Bonchev–Trinajstić information content (AvgIpc) is 2.08. The largest absolute Gasteiger partial charge is 0.324 e. The van der Waals surface area contributed by atoms with Crippen molar-refractivity contribution in [2.75, 3.05) is 5.32 Å². The molecule has 0 bridgehead atoms. The van der Waals surface area contributed by atoms with Crippen molar-refractivity contribution in [1.29, 1.82) is 0 Å². The highest BCUT2D eigenvalue weighted by molar-refractivity contribution is 9.25. The van der Waals surface area contributed by atoms with Crippen LogP contribution in [0.4, 0.5) is 5.69 Å². The molecule has 1 aromatic carbocycles. The molecule has 70 valence electrons. The van der Waals surface area contributed by atoms with E-state index in [-0.39, 0.29) is 9.64 Å². The number of nitrogens with one attached hydrogen (secondary N) is 1. The van der Waals surface area contributed by atoms with Crippen LogP contribution in [0.25, 0.3) is 0 Å². The Morgan fingerprint density at radius 2 is 1.85 bits per heavy atom. The zero-order chi connectivity index (χ0) is 9.84. The van der Waals surface area contributed by atoms with Crippen LogP contribution in [0.2, 0.25) is 0 Å². The van der Waals surface area contributed by atoms with Gasteiger partial charge in [-0.1, -0.05) is 49.6 Å². The fraction of sp³-hybridized carbons (Fsp3) is 0.222. The number of carbonyl (C=O) groups excluding carboxylic acids is 1. The summed E-state index contributed by atoms with van der Waals surface area (Å²) in [6.07, 6.45) is 0. The first kappa shape index (κ1) is 10.7. The first-order valence-corrected chi connectivity index (χ1v) is 5.58. The van der Waals surface area contributed by atoms with E-state index in [1.54, 1.807) is 0 Å². The Bertz CT molecular complexity index is 295. The smallest absolute Gasteiger partial charge is 0.248 e. The molecule has 0 heterocycles. The van der Waals surface area contributed by atoms with Gasteiger partial charge in [-0.3, -0.25) is 4.79 Å². The third kappa shape index (κ3) is 3.48. The van der Waals surface area contributed by atoms with E-state index in [1.165, 1.54) is 5.56 Å². The zero-order valence-corrected chi connectivity index (χ0v) is 10.2. The number of benzene rings is 1. The van der Waals surface area contributed by atoms with Crippen LogP contribution in [0.5, 0.6) is 0 Å². The lowest BCUT2D eigenvalue weighted by atomic mass is 10.2. The van der Waals surface area contributed by atoms with Gasteiger partial charge in [-0.05, 0) is 19.1 Å². The molecular formula is C9H9Br2NO. The summed E-state index contributed by atoms with van der Waals surface area (Å²) in [4.78, 5) is 11.2. The Balaban J connectivity index is 2.65. The van der Waals surface area contributed by atoms with Crippen LogP contribution in [0, 0.1) is 6.92 Å². The Morgan fingerprint density at radius 3 is 2.31 bits per heavy atom. The number of aryl methyl sites for hydroxylation is 1. The van der Waals surface area contributed by atoms with Gasteiger partial charge in [0.15, 0.2) is 0 Å². The minimum atomic E-state index is -0.346. The second-order valence-electron chi connectivity index (χ2n) is 2.66. The predicted octanol–water partition coefficient (Wildman–Crippen LogP) is 3.05. The molecule has 0 atom stereocenters. The second kappa shape index (κ2) is 4.77. The van der Waals surface area contributed by atoms with Gasteiger partial charge in [0, 0.05) is 5.69 Å². The van der Waals surface area contributed by atoms with Crippen molar-refractivity contribution in [1.82, 2.24) is 0 Å². The molecule has 1 amide bonds. The normalized spacial score (nSPS) is 10.2. The summed E-state index contributed by atoms with van der Waals surface area (Å²) in [7, 11) is 0. The highest BCUT2D eigenvalue weighted by Crippen LogP contribution is 2.13. The predicted molar refractivity (Wildman–Crippen MR) is 61.5 cm³/mol. The highest BCUT2D eigenvalue weighted by Gasteiger charge is 2.09. The number of hydrogen-bond acceptors (Lipinski definition) is 1. The minimum absolute atomic E-state index is 0.108. The molecule has 2 nitrogen and oxygen atoms in total. The van der Waals surface area contributed by atoms with Crippen LogP contribution in [-0.4, -0.2) is 9.64 Å². The van der Waals surface area contributed by atoms with Crippen molar-refractivity contribution in [2.45, 2.75) is 10.7 Å². The maximum absolute atomic E-state index is 11.2. The van der Waals surface area contributed by atoms with Gasteiger partial charge in [0.1, 0.15) is 3.74 Å². The summed E-state index contributed by atoms with van der Waals surface area (Å²) in [5.41, 5.74) is 1.98. The van der Waals surface area contributed by atoms with E-state index in [0.29, 0.717) is 0 Å². The van der Waals surface area contributed by atoms with Gasteiger partial charge in [0.05, 0.1) is 0 Å². The number of amides is 1. The molecule has 0 spiro atoms. The van der Waals surface area contributed by atoms with Gasteiger partial charge >= 0.3 is 0 Å². The van der Waals surface area contributed by atoms with Crippen molar-refractivity contribution in [3.05, 3.63) is 29.8 Å². The monoisotopic (exact) mass is 305 g/mol. The van der Waals surface area contributed by atoms with Gasteiger partial charge in [-0.2, -0.15) is 0 Å². The molecule has 0 radical (unpaired) electrons. The summed E-state index contributed by atoms with van der Waals surface area (Å²) in [6.45, 7) is 2.00. The minimum Gasteiger partial charge on any atom is -0.324 e. The number of halogens is 2. The number of alkyl halides is 2. The third-order valence-electron chi connectivity index (χ3n) is 1.52. The molecule has 1 aromatic rings. The molecule has 4 heteroatoms. The maximum Gasteiger partial charge on any atom is 0.248 e. The SMILES string of the molecule is Cc1ccc(NC(=O)C(Br)Br)cc1. The Kier molecular flexibility index (Phi) is 3.93. The molecule has 0 aliphatic heterocycles. The second-order valence-corrected chi connectivity index (χ2v) is 5.72. The maximum atomic E-state index is 11.2. The third-order valence-corrected chi connectivity index (χ3v) is 2.35. The molecule has 0 aliphatic rings. The van der Waals surface area contributed by atoms with Crippen molar-refractivity contribution in [3.63, 3.8) is 0 Å². The van der Waals surface area contributed by atoms with Gasteiger partial charge < -0.3 is 5.32 Å². The van der Waals surface area contributed by atoms with Crippen LogP contribution in [0.3, 0.4) is 0 Å². The first-order chi connectivity index (χ1) is 6.09. The number of hydrogen-bond donors (Lipinski definition) is 1. The first-order valence-electron chi connectivity index (χ1n) is 3.75. The lowest BCUT2D eigenvalue weighted by molar-refractivity contribution is -0.114. The molecule has 0 unspecified atom stereocenters. The van der Waals surface area contributed by atoms with Gasteiger partial charge in [-0.25, -0.2) is 0 Å². The molecule has 0 fully saturated rings. The van der Waals surface area contributed by atoms with E-state index in [2.05, 4.69) is 37.2 Å². The van der Waals surface area contributed by atoms with Crippen molar-refractivity contribution >= 4 is 43.5 Å². The van der Waals surface area contributed by atoms with E-state index in [9.17, 15) is 4.79 Å². The van der Waals surface area contributed by atoms with Crippen molar-refractivity contribution in [2.24, 2.45) is 0 Å². The summed E-state index contributed by atoms with van der Waals surface area (Å²) in [5.74, 6) is -0.108. The number of carbonyl (C=O) groups is 1. The standard InChI is InChI=1S/C9H9Br2NO/c1-6-2-4-7(5-3-6)12-9(13)8(10)11/h2-5,8H,1H3,(H,12,13). The van der Waals surface area contributed by atoms with E-state index < -0.39 is 0 Å². The van der Waals surface area contributed by atoms with E-state index in [4.69, 9.17) is 0 Å². The van der Waals surface area contributed by atoms with Crippen LogP contribution < -0.4 is 5.32 Å². The van der Waals surface area contributed by atoms with Gasteiger partial charge in [0.25, 0.3) is 0 Å². The van der Waals surface area contributed by atoms with Crippen LogP contribution in [0.15, 0.2) is 24.3 Å². The molecule has 0 aromatic heterocycles. The van der Waals surface area contributed by atoms with Crippen molar-refractivity contribution < 1.29 is 4.79 Å². The quantitative estimate of drug-likeness (QED) is 0.836. The van der Waals surface area contributed by atoms with Gasteiger partial charge in [-0.15, -0.1) is 0 Å². The lowest BCUT2D eigenvalue weighted by Crippen LogP contribution is -2.17. The topological polar surface area (TPSA) is 29.1 Å². The Morgan fingerprint density at radius 1 is 1.31 bits per heavy atom. The molecule has 1 N–H and O–H groups in total. The molecule has 1 rings (SSSR count). The molecule has 0 saturated carbocycles. The summed E-state index contributed by atoms with van der Waals surface area (Å²) in [6, 6.07) is 7.64. The fourth-order valence-electron chi connectivity index (χ4n) is 0.834. The molecule has 13 heavy (non-hydrogen) atoms. The summed E-state index contributed by atoms with van der Waals surface area (Å²) < 4.78 is -0.346. The highest BCUT2D eigenvalue weighted by atomic mass is 79.9. The fourth-order valence-corrected chi connectivity index (χ4v) is 1.06. The lowest BCUT2D eigenvalue weighted by Gasteiger charge is -2.05. The van der Waals surface area contributed by atoms with Crippen LogP contribution in [-0.2, 0) is 4.79 Å². The van der Waals surface area contributed by atoms with E-state index in [0.717, 1.165) is 5.69 Å². The number of rotatable bonds is 2. The van der Waals surface area contributed by atoms with Gasteiger partial charge in [0.2, 0.25) is 5.91 Å². The number of anilines is 1. The molecule has 0 saturated heterocycles. The van der Waals surface area contributed by atoms with Crippen LogP contribution >= 0.6 is 31.9 Å². The van der Waals surface area contributed by atoms with E-state index >= 15 is 0 Å².